The van der Waals surface area contributed by atoms with Crippen molar-refractivity contribution in [1.29, 1.82) is 0 Å². The maximum absolute atomic E-state index is 12.3. The fraction of sp³-hybridized carbons (Fsp3) is 0.364. The number of likely N-dealkylation sites (tertiary alicyclic amines) is 1. The molecule has 1 aliphatic heterocycles. The lowest BCUT2D eigenvalue weighted by Crippen LogP contribution is -2.27. The lowest BCUT2D eigenvalue weighted by molar-refractivity contribution is -0.116. The molecule has 1 N–H and O–H groups in total. The highest BCUT2D eigenvalue weighted by atomic mass is 16.2. The molecule has 1 heterocycles. The molecule has 0 atom stereocenters. The van der Waals surface area contributed by atoms with Crippen LogP contribution >= 0.6 is 0 Å². The Labute approximate surface area is 155 Å². The standard InChI is InChI=1S/C22H26N2O2/c1-2-17-5-7-18(8-6-17)9-14-21(25)23-20-12-10-19(11-13-20)22(26)24-15-3-4-16-24/h5-8,10-13H,2-4,9,14-16H2,1H3,(H,23,25). The minimum Gasteiger partial charge on any atom is -0.339 e. The summed E-state index contributed by atoms with van der Waals surface area (Å²) < 4.78 is 0. The van der Waals surface area contributed by atoms with Crippen LogP contribution < -0.4 is 5.32 Å². The summed E-state index contributed by atoms with van der Waals surface area (Å²) in [5.41, 5.74) is 3.89. The molecule has 0 saturated carbocycles. The number of hydrogen-bond acceptors (Lipinski definition) is 2. The van der Waals surface area contributed by atoms with E-state index in [1.54, 1.807) is 24.3 Å². The van der Waals surface area contributed by atoms with Gasteiger partial charge in [-0.05, 0) is 61.1 Å². The highest BCUT2D eigenvalue weighted by Gasteiger charge is 2.19. The third kappa shape index (κ3) is 4.72. The van der Waals surface area contributed by atoms with Crippen LogP contribution in [-0.2, 0) is 17.6 Å². The van der Waals surface area contributed by atoms with E-state index >= 15 is 0 Å². The summed E-state index contributed by atoms with van der Waals surface area (Å²) in [7, 11) is 0. The third-order valence-electron chi connectivity index (χ3n) is 4.88. The van der Waals surface area contributed by atoms with Crippen molar-refractivity contribution in [2.75, 3.05) is 18.4 Å². The van der Waals surface area contributed by atoms with E-state index in [9.17, 15) is 9.59 Å². The molecule has 0 bridgehead atoms. The van der Waals surface area contributed by atoms with Crippen molar-refractivity contribution < 1.29 is 9.59 Å². The molecular weight excluding hydrogens is 324 g/mol. The normalized spacial score (nSPS) is 13.7. The quantitative estimate of drug-likeness (QED) is 0.854. The molecule has 136 valence electrons. The van der Waals surface area contributed by atoms with Gasteiger partial charge in [-0.15, -0.1) is 0 Å². The third-order valence-corrected chi connectivity index (χ3v) is 4.88. The van der Waals surface area contributed by atoms with Gasteiger partial charge in [-0.3, -0.25) is 9.59 Å². The molecule has 4 nitrogen and oxygen atoms in total. The minimum atomic E-state index is -0.0109. The second-order valence-electron chi connectivity index (χ2n) is 6.79. The van der Waals surface area contributed by atoms with Crippen LogP contribution in [0.4, 0.5) is 5.69 Å². The number of rotatable bonds is 6. The summed E-state index contributed by atoms with van der Waals surface area (Å²) in [4.78, 5) is 26.4. The average Bonchev–Trinajstić information content (AvgIpc) is 3.21. The van der Waals surface area contributed by atoms with Gasteiger partial charge in [-0.2, -0.15) is 0 Å². The van der Waals surface area contributed by atoms with E-state index in [2.05, 4.69) is 36.5 Å². The monoisotopic (exact) mass is 350 g/mol. The second kappa shape index (κ2) is 8.65. The summed E-state index contributed by atoms with van der Waals surface area (Å²) in [5, 5.41) is 2.91. The van der Waals surface area contributed by atoms with Crippen molar-refractivity contribution in [2.24, 2.45) is 0 Å². The predicted molar refractivity (Wildman–Crippen MR) is 104 cm³/mol. The van der Waals surface area contributed by atoms with Gasteiger partial charge in [0.1, 0.15) is 0 Å². The van der Waals surface area contributed by atoms with Crippen molar-refractivity contribution in [2.45, 2.75) is 39.0 Å². The van der Waals surface area contributed by atoms with E-state index in [0.717, 1.165) is 44.5 Å². The SMILES string of the molecule is CCc1ccc(CCC(=O)Nc2ccc(C(=O)N3CCCC3)cc2)cc1. The van der Waals surface area contributed by atoms with E-state index < -0.39 is 0 Å². The second-order valence-corrected chi connectivity index (χ2v) is 6.79. The summed E-state index contributed by atoms with van der Waals surface area (Å²) in [6.45, 7) is 3.82. The van der Waals surface area contributed by atoms with E-state index in [1.165, 1.54) is 11.1 Å². The van der Waals surface area contributed by atoms with Crippen LogP contribution in [0.25, 0.3) is 0 Å². The van der Waals surface area contributed by atoms with Crippen LogP contribution in [0.15, 0.2) is 48.5 Å². The fourth-order valence-electron chi connectivity index (χ4n) is 3.22. The number of hydrogen-bond donors (Lipinski definition) is 1. The Morgan fingerprint density at radius 2 is 1.54 bits per heavy atom. The fourth-order valence-corrected chi connectivity index (χ4v) is 3.22. The average molecular weight is 350 g/mol. The summed E-state index contributed by atoms with van der Waals surface area (Å²) >= 11 is 0. The molecular formula is C22H26N2O2. The first-order valence-electron chi connectivity index (χ1n) is 9.42. The number of benzene rings is 2. The Morgan fingerprint density at radius 1 is 0.923 bits per heavy atom. The lowest BCUT2D eigenvalue weighted by atomic mass is 10.1. The first kappa shape index (κ1) is 18.2. The number of carbonyl (C=O) groups is 2. The molecule has 2 aromatic rings. The van der Waals surface area contributed by atoms with Crippen molar-refractivity contribution in [3.63, 3.8) is 0 Å². The Hall–Kier alpha value is -2.62. The van der Waals surface area contributed by atoms with Gasteiger partial charge in [-0.25, -0.2) is 0 Å². The van der Waals surface area contributed by atoms with Crippen LogP contribution in [0, 0.1) is 0 Å². The molecule has 1 aliphatic rings. The molecule has 2 aromatic carbocycles. The van der Waals surface area contributed by atoms with E-state index in [-0.39, 0.29) is 11.8 Å². The number of nitrogens with one attached hydrogen (secondary N) is 1. The summed E-state index contributed by atoms with van der Waals surface area (Å²) in [6.07, 6.45) is 4.36. The number of nitrogens with zero attached hydrogens (tertiary/aromatic N) is 1. The van der Waals surface area contributed by atoms with Crippen molar-refractivity contribution in [3.8, 4) is 0 Å². The largest absolute Gasteiger partial charge is 0.339 e. The Bertz CT molecular complexity index is 745. The molecule has 0 aromatic heterocycles. The van der Waals surface area contributed by atoms with Crippen LogP contribution in [0.5, 0.6) is 0 Å². The summed E-state index contributed by atoms with van der Waals surface area (Å²) in [5.74, 6) is 0.0686. The van der Waals surface area contributed by atoms with Gasteiger partial charge in [-0.1, -0.05) is 31.2 Å². The predicted octanol–water partition coefficient (Wildman–Crippen LogP) is 4.06. The van der Waals surface area contributed by atoms with E-state index in [1.807, 2.05) is 4.90 Å². The topological polar surface area (TPSA) is 49.4 Å². The van der Waals surface area contributed by atoms with Gasteiger partial charge in [0.05, 0.1) is 0 Å². The van der Waals surface area contributed by atoms with Gasteiger partial charge >= 0.3 is 0 Å². The van der Waals surface area contributed by atoms with Gasteiger partial charge < -0.3 is 10.2 Å². The zero-order valence-electron chi connectivity index (χ0n) is 15.3. The molecule has 0 unspecified atom stereocenters. The first-order chi connectivity index (χ1) is 12.7. The first-order valence-corrected chi connectivity index (χ1v) is 9.42. The highest BCUT2D eigenvalue weighted by Crippen LogP contribution is 2.16. The maximum Gasteiger partial charge on any atom is 0.253 e. The van der Waals surface area contributed by atoms with Crippen LogP contribution in [0.2, 0.25) is 0 Å². The zero-order valence-corrected chi connectivity index (χ0v) is 15.3. The van der Waals surface area contributed by atoms with Gasteiger partial charge in [0.15, 0.2) is 0 Å². The Kier molecular flexibility index (Phi) is 6.05. The molecule has 0 spiro atoms. The molecule has 26 heavy (non-hydrogen) atoms. The van der Waals surface area contributed by atoms with Crippen LogP contribution in [0.3, 0.4) is 0 Å². The van der Waals surface area contributed by atoms with Gasteiger partial charge in [0.2, 0.25) is 5.91 Å². The van der Waals surface area contributed by atoms with Crippen molar-refractivity contribution in [3.05, 3.63) is 65.2 Å². The number of aryl methyl sites for hydroxylation is 2. The molecule has 4 heteroatoms. The number of amides is 2. The van der Waals surface area contributed by atoms with Crippen LogP contribution in [-0.4, -0.2) is 29.8 Å². The van der Waals surface area contributed by atoms with E-state index in [4.69, 9.17) is 0 Å². The molecule has 1 fully saturated rings. The molecule has 3 rings (SSSR count). The molecule has 2 amide bonds. The lowest BCUT2D eigenvalue weighted by Gasteiger charge is -2.15. The molecule has 1 saturated heterocycles. The Morgan fingerprint density at radius 3 is 2.15 bits per heavy atom. The van der Waals surface area contributed by atoms with Crippen molar-refractivity contribution in [1.82, 2.24) is 4.90 Å². The van der Waals surface area contributed by atoms with Gasteiger partial charge in [0.25, 0.3) is 5.91 Å². The zero-order chi connectivity index (χ0) is 18.4. The number of anilines is 1. The molecule has 0 radical (unpaired) electrons. The van der Waals surface area contributed by atoms with Gasteiger partial charge in [0, 0.05) is 30.8 Å². The van der Waals surface area contributed by atoms with E-state index in [0.29, 0.717) is 12.0 Å². The minimum absolute atomic E-state index is 0.0109. The molecule has 0 aliphatic carbocycles. The van der Waals surface area contributed by atoms with Crippen LogP contribution in [0.1, 0.15) is 47.7 Å². The smallest absolute Gasteiger partial charge is 0.253 e. The summed E-state index contributed by atoms with van der Waals surface area (Å²) in [6, 6.07) is 15.6. The Balaban J connectivity index is 1.49. The highest BCUT2D eigenvalue weighted by molar-refractivity contribution is 5.96. The van der Waals surface area contributed by atoms with Crippen molar-refractivity contribution >= 4 is 17.5 Å². The number of carbonyl (C=O) groups excluding carboxylic acids is 2. The maximum atomic E-state index is 12.3.